The van der Waals surface area contributed by atoms with Crippen molar-refractivity contribution >= 4 is 11.6 Å². The topological polar surface area (TPSA) is 46.4 Å². The van der Waals surface area contributed by atoms with Crippen LogP contribution in [0, 0.1) is 11.7 Å². The van der Waals surface area contributed by atoms with Gasteiger partial charge < -0.3 is 9.72 Å². The first-order chi connectivity index (χ1) is 10.7. The molecule has 0 aliphatic heterocycles. The summed E-state index contributed by atoms with van der Waals surface area (Å²) in [4.78, 5) is 16.3. The Morgan fingerprint density at radius 3 is 2.91 bits per heavy atom. The van der Waals surface area contributed by atoms with Crippen molar-refractivity contribution in [3.05, 3.63) is 36.0 Å². The van der Waals surface area contributed by atoms with Crippen LogP contribution in [0.15, 0.2) is 24.5 Å². The predicted molar refractivity (Wildman–Crippen MR) is 82.8 cm³/mol. The first-order valence-corrected chi connectivity index (χ1v) is 8.10. The molecule has 0 atom stereocenters. The van der Waals surface area contributed by atoms with E-state index in [1.165, 1.54) is 44.4 Å². The molecule has 3 rings (SSSR count). The van der Waals surface area contributed by atoms with Crippen LogP contribution in [0.4, 0.5) is 4.39 Å². The molecule has 0 spiro atoms. The van der Waals surface area contributed by atoms with E-state index in [9.17, 15) is 9.18 Å². The maximum Gasteiger partial charge on any atom is 0.220 e. The molecule has 22 heavy (non-hydrogen) atoms. The number of halogens is 1. The Balaban J connectivity index is 1.47. The van der Waals surface area contributed by atoms with Gasteiger partial charge in [0.05, 0.1) is 12.2 Å². The van der Waals surface area contributed by atoms with Crippen molar-refractivity contribution in [2.24, 2.45) is 5.92 Å². The third-order valence-electron chi connectivity index (χ3n) is 4.44. The molecule has 4 nitrogen and oxygen atoms in total. The maximum absolute atomic E-state index is 13.1. The van der Waals surface area contributed by atoms with Crippen molar-refractivity contribution in [2.45, 2.75) is 51.5 Å². The van der Waals surface area contributed by atoms with E-state index < -0.39 is 0 Å². The highest BCUT2D eigenvalue weighted by molar-refractivity contribution is 5.75. The van der Waals surface area contributed by atoms with E-state index in [2.05, 4.69) is 10.3 Å². The number of rotatable bonds is 5. The van der Waals surface area contributed by atoms with E-state index in [0.717, 1.165) is 18.0 Å². The van der Waals surface area contributed by atoms with Crippen LogP contribution in [-0.2, 0) is 11.3 Å². The minimum absolute atomic E-state index is 0.0776. The molecule has 1 N–H and O–H groups in total. The molecule has 0 unspecified atom stereocenters. The number of nitrogens with zero attached hydrogens (tertiary/aromatic N) is 2. The Labute approximate surface area is 129 Å². The van der Waals surface area contributed by atoms with Gasteiger partial charge in [-0.15, -0.1) is 0 Å². The molecule has 1 saturated carbocycles. The highest BCUT2D eigenvalue weighted by Crippen LogP contribution is 2.27. The second kappa shape index (κ2) is 6.90. The smallest absolute Gasteiger partial charge is 0.220 e. The molecule has 1 aliphatic rings. The van der Waals surface area contributed by atoms with E-state index in [-0.39, 0.29) is 11.7 Å². The summed E-state index contributed by atoms with van der Waals surface area (Å²) < 4.78 is 14.8. The predicted octanol–water partition coefficient (Wildman–Crippen LogP) is 3.45. The molecule has 118 valence electrons. The molecule has 0 aromatic carbocycles. The lowest BCUT2D eigenvalue weighted by atomic mass is 9.86. The zero-order valence-corrected chi connectivity index (χ0v) is 12.7. The summed E-state index contributed by atoms with van der Waals surface area (Å²) in [7, 11) is 0. The van der Waals surface area contributed by atoms with Gasteiger partial charge in [-0.1, -0.05) is 32.1 Å². The van der Waals surface area contributed by atoms with Crippen LogP contribution in [0.2, 0.25) is 0 Å². The molecule has 1 aliphatic carbocycles. The number of fused-ring (bicyclic) bond motifs is 1. The molecule has 1 amide bonds. The zero-order chi connectivity index (χ0) is 15.4. The Bertz CT molecular complexity index is 646. The van der Waals surface area contributed by atoms with E-state index in [1.807, 2.05) is 0 Å². The van der Waals surface area contributed by atoms with Crippen LogP contribution < -0.4 is 5.32 Å². The van der Waals surface area contributed by atoms with Crippen LogP contribution in [0.5, 0.6) is 0 Å². The minimum Gasteiger partial charge on any atom is -0.350 e. The molecule has 5 heteroatoms. The normalized spacial score (nSPS) is 16.0. The molecule has 2 aromatic heterocycles. The van der Waals surface area contributed by atoms with E-state index in [4.69, 9.17) is 0 Å². The number of imidazole rings is 1. The van der Waals surface area contributed by atoms with Crippen molar-refractivity contribution < 1.29 is 9.18 Å². The fraction of sp³-hybridized carbons (Fsp3) is 0.529. The summed E-state index contributed by atoms with van der Waals surface area (Å²) in [6.45, 7) is 0.396. The largest absolute Gasteiger partial charge is 0.350 e. The summed E-state index contributed by atoms with van der Waals surface area (Å²) in [5.41, 5.74) is 1.43. The van der Waals surface area contributed by atoms with Gasteiger partial charge in [-0.25, -0.2) is 9.37 Å². The van der Waals surface area contributed by atoms with Gasteiger partial charge in [-0.05, 0) is 24.5 Å². The van der Waals surface area contributed by atoms with Crippen molar-refractivity contribution in [1.29, 1.82) is 0 Å². The second-order valence-corrected chi connectivity index (χ2v) is 6.16. The van der Waals surface area contributed by atoms with Gasteiger partial charge in [0.1, 0.15) is 11.5 Å². The lowest BCUT2D eigenvalue weighted by Crippen LogP contribution is -2.23. The summed E-state index contributed by atoms with van der Waals surface area (Å²) in [6.07, 6.45) is 11.2. The van der Waals surface area contributed by atoms with Gasteiger partial charge in [-0.3, -0.25) is 4.79 Å². The number of nitrogens with one attached hydrogen (secondary N) is 1. The highest BCUT2D eigenvalue weighted by atomic mass is 19.1. The van der Waals surface area contributed by atoms with Crippen molar-refractivity contribution in [1.82, 2.24) is 14.7 Å². The van der Waals surface area contributed by atoms with Crippen LogP contribution >= 0.6 is 0 Å². The summed E-state index contributed by atoms with van der Waals surface area (Å²) in [5.74, 6) is 0.499. The van der Waals surface area contributed by atoms with Gasteiger partial charge in [0.25, 0.3) is 0 Å². The fourth-order valence-corrected chi connectivity index (χ4v) is 3.19. The number of carbonyl (C=O) groups is 1. The monoisotopic (exact) mass is 303 g/mol. The Kier molecular flexibility index (Phi) is 4.71. The van der Waals surface area contributed by atoms with Crippen LogP contribution in [0.3, 0.4) is 0 Å². The Morgan fingerprint density at radius 2 is 2.09 bits per heavy atom. The number of hydrogen-bond donors (Lipinski definition) is 1. The van der Waals surface area contributed by atoms with Gasteiger partial charge in [0.15, 0.2) is 0 Å². The quantitative estimate of drug-likeness (QED) is 0.919. The first kappa shape index (κ1) is 15.0. The average molecular weight is 303 g/mol. The summed E-state index contributed by atoms with van der Waals surface area (Å²) in [5, 5.41) is 2.91. The van der Waals surface area contributed by atoms with Crippen LogP contribution in [0.25, 0.3) is 5.65 Å². The summed E-state index contributed by atoms with van der Waals surface area (Å²) in [6, 6.07) is 3.01. The van der Waals surface area contributed by atoms with Crippen LogP contribution in [0.1, 0.15) is 50.6 Å². The maximum atomic E-state index is 13.1. The van der Waals surface area contributed by atoms with Crippen LogP contribution in [-0.4, -0.2) is 15.3 Å². The SMILES string of the molecule is O=C(CCC1CCCCC1)NCc1cn2cc(F)ccc2n1. The fourth-order valence-electron chi connectivity index (χ4n) is 3.19. The highest BCUT2D eigenvalue weighted by Gasteiger charge is 2.14. The summed E-state index contributed by atoms with van der Waals surface area (Å²) >= 11 is 0. The first-order valence-electron chi connectivity index (χ1n) is 8.10. The third kappa shape index (κ3) is 3.84. The number of pyridine rings is 1. The Morgan fingerprint density at radius 1 is 1.27 bits per heavy atom. The number of carbonyl (C=O) groups excluding carboxylic acids is 1. The van der Waals surface area contributed by atoms with E-state index in [0.29, 0.717) is 18.6 Å². The van der Waals surface area contributed by atoms with Gasteiger partial charge in [0.2, 0.25) is 5.91 Å². The molecule has 0 saturated heterocycles. The average Bonchev–Trinajstić information content (AvgIpc) is 2.94. The van der Waals surface area contributed by atoms with Crippen molar-refractivity contribution in [3.63, 3.8) is 0 Å². The number of aromatic nitrogens is 2. The standard InChI is InChI=1S/C17H22FN3O/c18-14-7-8-16-20-15(12-21(16)11-14)10-19-17(22)9-6-13-4-2-1-3-5-13/h7-8,11-13H,1-6,9-10H2,(H,19,22). The van der Waals surface area contributed by atoms with Gasteiger partial charge in [-0.2, -0.15) is 0 Å². The van der Waals surface area contributed by atoms with E-state index >= 15 is 0 Å². The second-order valence-electron chi connectivity index (χ2n) is 6.16. The van der Waals surface area contributed by atoms with Gasteiger partial charge in [0, 0.05) is 18.8 Å². The lowest BCUT2D eigenvalue weighted by Gasteiger charge is -2.20. The zero-order valence-electron chi connectivity index (χ0n) is 12.7. The molecule has 1 fully saturated rings. The third-order valence-corrected chi connectivity index (χ3v) is 4.44. The van der Waals surface area contributed by atoms with Crippen molar-refractivity contribution in [3.8, 4) is 0 Å². The molecule has 0 bridgehead atoms. The van der Waals surface area contributed by atoms with E-state index in [1.54, 1.807) is 16.7 Å². The number of hydrogen-bond acceptors (Lipinski definition) is 2. The molecular formula is C17H22FN3O. The minimum atomic E-state index is -0.298. The van der Waals surface area contributed by atoms with Gasteiger partial charge >= 0.3 is 0 Å². The lowest BCUT2D eigenvalue weighted by molar-refractivity contribution is -0.121. The number of amides is 1. The molecular weight excluding hydrogens is 281 g/mol. The molecule has 2 aromatic rings. The molecule has 2 heterocycles. The van der Waals surface area contributed by atoms with Crippen molar-refractivity contribution in [2.75, 3.05) is 0 Å². The molecule has 0 radical (unpaired) electrons. The Hall–Kier alpha value is -1.91.